The van der Waals surface area contributed by atoms with Gasteiger partial charge in [-0.25, -0.2) is 4.39 Å². The molecule has 146 valence electrons. The molecule has 1 aliphatic heterocycles. The predicted molar refractivity (Wildman–Crippen MR) is 105 cm³/mol. The van der Waals surface area contributed by atoms with Gasteiger partial charge in [-0.3, -0.25) is 19.3 Å². The molecule has 0 unspecified atom stereocenters. The fraction of sp³-hybridized carbons (Fsp3) is 0.250. The Balaban J connectivity index is 1.53. The highest BCUT2D eigenvalue weighted by atomic mass is 32.2. The third-order valence-electron chi connectivity index (χ3n) is 4.08. The van der Waals surface area contributed by atoms with Crippen LogP contribution in [-0.2, 0) is 19.1 Å². The monoisotopic (exact) mass is 402 g/mol. The molecule has 0 radical (unpaired) electrons. The molecule has 2 amide bonds. The average Bonchev–Trinajstić information content (AvgIpc) is 2.68. The van der Waals surface area contributed by atoms with Gasteiger partial charge in [0.15, 0.2) is 6.10 Å². The second-order valence-electron chi connectivity index (χ2n) is 6.17. The van der Waals surface area contributed by atoms with Crippen molar-refractivity contribution >= 4 is 40.9 Å². The summed E-state index contributed by atoms with van der Waals surface area (Å²) in [7, 11) is 0. The number of esters is 1. The highest BCUT2D eigenvalue weighted by Gasteiger charge is 2.31. The van der Waals surface area contributed by atoms with E-state index in [2.05, 4.69) is 5.32 Å². The molecule has 8 heteroatoms. The Kier molecular flexibility index (Phi) is 6.30. The van der Waals surface area contributed by atoms with Crippen LogP contribution < -0.4 is 10.2 Å². The van der Waals surface area contributed by atoms with Crippen LogP contribution in [0.3, 0.4) is 0 Å². The third-order valence-corrected chi connectivity index (χ3v) is 5.09. The zero-order valence-electron chi connectivity index (χ0n) is 15.2. The molecule has 1 aliphatic rings. The maximum absolute atomic E-state index is 12.9. The number of ether oxygens (including phenoxy) is 1. The first-order valence-corrected chi connectivity index (χ1v) is 9.70. The van der Waals surface area contributed by atoms with Crippen molar-refractivity contribution in [2.75, 3.05) is 22.5 Å². The highest BCUT2D eigenvalue weighted by Crippen LogP contribution is 2.29. The van der Waals surface area contributed by atoms with E-state index in [-0.39, 0.29) is 24.7 Å². The van der Waals surface area contributed by atoms with Crippen LogP contribution in [0.5, 0.6) is 0 Å². The van der Waals surface area contributed by atoms with Crippen LogP contribution in [0.2, 0.25) is 0 Å². The number of hydrogen-bond acceptors (Lipinski definition) is 5. The molecule has 3 rings (SSSR count). The van der Waals surface area contributed by atoms with E-state index in [0.29, 0.717) is 17.1 Å². The molecule has 1 heterocycles. The first-order valence-electron chi connectivity index (χ1n) is 8.72. The molecular formula is C20H19FN2O4S. The highest BCUT2D eigenvalue weighted by molar-refractivity contribution is 7.99. The van der Waals surface area contributed by atoms with Crippen LogP contribution in [0.1, 0.15) is 13.3 Å². The number of thioether (sulfide) groups is 1. The molecule has 1 N–H and O–H groups in total. The fourth-order valence-corrected chi connectivity index (χ4v) is 3.57. The first kappa shape index (κ1) is 19.9. The lowest BCUT2D eigenvalue weighted by Crippen LogP contribution is -2.47. The number of fused-ring (bicyclic) bond motifs is 1. The molecule has 0 aromatic heterocycles. The van der Waals surface area contributed by atoms with Crippen LogP contribution in [0.25, 0.3) is 0 Å². The lowest BCUT2D eigenvalue weighted by molar-refractivity contribution is -0.153. The van der Waals surface area contributed by atoms with Crippen LogP contribution >= 0.6 is 11.8 Å². The van der Waals surface area contributed by atoms with Crippen molar-refractivity contribution < 1.29 is 23.5 Å². The summed E-state index contributed by atoms with van der Waals surface area (Å²) in [6.07, 6.45) is -0.904. The Morgan fingerprint density at radius 1 is 1.21 bits per heavy atom. The average molecular weight is 402 g/mol. The summed E-state index contributed by atoms with van der Waals surface area (Å²) in [5, 5.41) is 2.70. The minimum absolute atomic E-state index is 0.108. The smallest absolute Gasteiger partial charge is 0.307 e. The van der Waals surface area contributed by atoms with Crippen molar-refractivity contribution in [1.29, 1.82) is 0 Å². The molecule has 0 spiro atoms. The fourth-order valence-electron chi connectivity index (χ4n) is 2.74. The number of anilines is 2. The van der Waals surface area contributed by atoms with Gasteiger partial charge in [0.25, 0.3) is 5.91 Å². The van der Waals surface area contributed by atoms with E-state index in [0.717, 1.165) is 4.90 Å². The van der Waals surface area contributed by atoms with E-state index in [9.17, 15) is 18.8 Å². The van der Waals surface area contributed by atoms with Crippen molar-refractivity contribution in [3.8, 4) is 0 Å². The molecule has 2 aromatic carbocycles. The number of rotatable bonds is 6. The molecule has 0 saturated heterocycles. The Labute approximate surface area is 166 Å². The Hall–Kier alpha value is -2.87. The number of hydrogen-bond donors (Lipinski definition) is 1. The summed E-state index contributed by atoms with van der Waals surface area (Å²) in [5.74, 6) is -1.14. The summed E-state index contributed by atoms with van der Waals surface area (Å²) in [6, 6.07) is 12.9. The number of amides is 2. The number of carbonyl (C=O) groups excluding carboxylic acids is 3. The van der Waals surface area contributed by atoms with Crippen molar-refractivity contribution in [2.45, 2.75) is 24.3 Å². The lowest BCUT2D eigenvalue weighted by atomic mass is 10.1. The summed E-state index contributed by atoms with van der Waals surface area (Å²) >= 11 is 1.40. The number of benzene rings is 2. The zero-order valence-corrected chi connectivity index (χ0v) is 16.0. The maximum atomic E-state index is 12.9. The zero-order chi connectivity index (χ0) is 20.1. The molecule has 0 aliphatic carbocycles. The summed E-state index contributed by atoms with van der Waals surface area (Å²) < 4.78 is 18.1. The minimum Gasteiger partial charge on any atom is -0.452 e. The van der Waals surface area contributed by atoms with Gasteiger partial charge in [0, 0.05) is 10.6 Å². The standard InChI is InChI=1S/C20H19FN2O4S/c1-13(27-19(25)10-11-28-15-8-6-14(21)7-9-15)20(26)23-12-18(24)22-16-4-2-3-5-17(16)23/h2-9,13H,10-12H2,1H3,(H,22,24)/t13-/m0/s1. The molecule has 0 fully saturated rings. The predicted octanol–water partition coefficient (Wildman–Crippen LogP) is 3.22. The van der Waals surface area contributed by atoms with Gasteiger partial charge in [-0.1, -0.05) is 12.1 Å². The number of nitrogens with zero attached hydrogens (tertiary/aromatic N) is 1. The van der Waals surface area contributed by atoms with Crippen LogP contribution in [0, 0.1) is 5.82 Å². The molecule has 28 heavy (non-hydrogen) atoms. The van der Waals surface area contributed by atoms with Gasteiger partial charge in [-0.05, 0) is 43.3 Å². The minimum atomic E-state index is -1.01. The molecular weight excluding hydrogens is 383 g/mol. The van der Waals surface area contributed by atoms with Gasteiger partial charge in [0.05, 0.1) is 17.8 Å². The first-order chi connectivity index (χ1) is 13.4. The van der Waals surface area contributed by atoms with E-state index in [1.54, 1.807) is 36.4 Å². The molecule has 0 bridgehead atoms. The van der Waals surface area contributed by atoms with Crippen molar-refractivity contribution in [2.24, 2.45) is 0 Å². The number of carbonyl (C=O) groups is 3. The van der Waals surface area contributed by atoms with Gasteiger partial charge >= 0.3 is 5.97 Å². The molecule has 0 saturated carbocycles. The molecule has 6 nitrogen and oxygen atoms in total. The van der Waals surface area contributed by atoms with Gasteiger partial charge in [0.2, 0.25) is 5.91 Å². The van der Waals surface area contributed by atoms with E-state index in [4.69, 9.17) is 4.74 Å². The van der Waals surface area contributed by atoms with Gasteiger partial charge < -0.3 is 10.1 Å². The van der Waals surface area contributed by atoms with Crippen LogP contribution in [-0.4, -0.2) is 36.2 Å². The summed E-state index contributed by atoms with van der Waals surface area (Å²) in [4.78, 5) is 38.8. The lowest BCUT2D eigenvalue weighted by Gasteiger charge is -2.30. The third kappa shape index (κ3) is 4.89. The van der Waals surface area contributed by atoms with Gasteiger partial charge in [-0.15, -0.1) is 11.8 Å². The summed E-state index contributed by atoms with van der Waals surface area (Å²) in [5.41, 5.74) is 1.11. The van der Waals surface area contributed by atoms with Crippen molar-refractivity contribution in [1.82, 2.24) is 0 Å². The quantitative estimate of drug-likeness (QED) is 0.593. The second kappa shape index (κ2) is 8.88. The van der Waals surface area contributed by atoms with Crippen molar-refractivity contribution in [3.63, 3.8) is 0 Å². The normalized spacial score (nSPS) is 14.1. The van der Waals surface area contributed by atoms with Gasteiger partial charge in [0.1, 0.15) is 12.4 Å². The Morgan fingerprint density at radius 2 is 1.93 bits per heavy atom. The number of nitrogens with one attached hydrogen (secondary N) is 1. The number of para-hydroxylation sites is 2. The molecule has 1 atom stereocenters. The van der Waals surface area contributed by atoms with Gasteiger partial charge in [-0.2, -0.15) is 0 Å². The second-order valence-corrected chi connectivity index (χ2v) is 7.34. The Morgan fingerprint density at radius 3 is 2.68 bits per heavy atom. The van der Waals surface area contributed by atoms with Crippen LogP contribution in [0.4, 0.5) is 15.8 Å². The summed E-state index contributed by atoms with van der Waals surface area (Å²) in [6.45, 7) is 1.36. The van der Waals surface area contributed by atoms with Crippen molar-refractivity contribution in [3.05, 3.63) is 54.3 Å². The number of halogens is 1. The van der Waals surface area contributed by atoms with E-state index in [1.165, 1.54) is 35.7 Å². The topological polar surface area (TPSA) is 75.7 Å². The maximum Gasteiger partial charge on any atom is 0.307 e. The SMILES string of the molecule is C[C@H](OC(=O)CCSc1ccc(F)cc1)C(=O)N1CC(=O)Nc2ccccc21. The largest absolute Gasteiger partial charge is 0.452 e. The van der Waals surface area contributed by atoms with Crippen LogP contribution in [0.15, 0.2) is 53.4 Å². The van der Waals surface area contributed by atoms with E-state index >= 15 is 0 Å². The Bertz CT molecular complexity index is 888. The molecule has 2 aromatic rings. The van der Waals surface area contributed by atoms with E-state index < -0.39 is 18.0 Å². The van der Waals surface area contributed by atoms with E-state index in [1.807, 2.05) is 0 Å².